The van der Waals surface area contributed by atoms with E-state index in [1.165, 1.54) is 0 Å². The minimum atomic E-state index is -0.0415. The van der Waals surface area contributed by atoms with Gasteiger partial charge in [0.1, 0.15) is 5.16 Å². The maximum Gasteiger partial charge on any atom is 0.258 e. The number of carbonyl (C=O) groups is 1. The van der Waals surface area contributed by atoms with Crippen LogP contribution in [0.15, 0.2) is 65.0 Å². The van der Waals surface area contributed by atoms with Crippen molar-refractivity contribution in [2.24, 2.45) is 4.99 Å². The van der Waals surface area contributed by atoms with Crippen molar-refractivity contribution in [1.82, 2.24) is 9.96 Å². The highest BCUT2D eigenvalue weighted by Gasteiger charge is 2.14. The van der Waals surface area contributed by atoms with Gasteiger partial charge in [0.2, 0.25) is 0 Å². The van der Waals surface area contributed by atoms with E-state index in [-0.39, 0.29) is 5.91 Å². The third kappa shape index (κ3) is 3.38. The lowest BCUT2D eigenvalue weighted by Gasteiger charge is -2.21. The number of benzene rings is 1. The molecule has 0 spiro atoms. The number of hydroxylamine groups is 2. The zero-order valence-corrected chi connectivity index (χ0v) is 12.5. The van der Waals surface area contributed by atoms with Gasteiger partial charge in [-0.15, -0.1) is 0 Å². The molecule has 0 atom stereocenters. The minimum Gasteiger partial charge on any atom is -0.380 e. The van der Waals surface area contributed by atoms with E-state index in [2.05, 4.69) is 4.99 Å². The predicted octanol–water partition coefficient (Wildman–Crippen LogP) is 2.93. The summed E-state index contributed by atoms with van der Waals surface area (Å²) >= 11 is 5.81. The number of hydrogen-bond acceptors (Lipinski definition) is 4. The Hall–Kier alpha value is -2.53. The van der Waals surface area contributed by atoms with Gasteiger partial charge in [-0.3, -0.25) is 4.79 Å². The molecule has 0 radical (unpaired) electrons. The summed E-state index contributed by atoms with van der Waals surface area (Å²) in [5, 5.41) is 1.94. The number of carbonyl (C=O) groups excluding carboxylic acids is 1. The van der Waals surface area contributed by atoms with Crippen LogP contribution in [-0.2, 0) is 0 Å². The Kier molecular flexibility index (Phi) is 4.25. The molecular weight excluding hydrogens is 302 g/mol. The molecule has 0 unspecified atom stereocenters. The van der Waals surface area contributed by atoms with Crippen LogP contribution in [0.3, 0.4) is 0 Å². The Labute approximate surface area is 133 Å². The molecule has 0 saturated heterocycles. The van der Waals surface area contributed by atoms with Gasteiger partial charge in [0, 0.05) is 24.5 Å². The molecule has 2 aliphatic rings. The van der Waals surface area contributed by atoms with Gasteiger partial charge < -0.3 is 9.74 Å². The average Bonchev–Trinajstić information content (AvgIpc) is 2.56. The van der Waals surface area contributed by atoms with Gasteiger partial charge in [0.25, 0.3) is 5.91 Å². The number of nitrogens with zero attached hydrogens (tertiary/aromatic N) is 3. The molecule has 3 rings (SSSR count). The first-order valence-electron chi connectivity index (χ1n) is 6.81. The first-order chi connectivity index (χ1) is 10.7. The smallest absolute Gasteiger partial charge is 0.258 e. The Morgan fingerprint density at radius 1 is 1.18 bits per heavy atom. The fourth-order valence-electron chi connectivity index (χ4n) is 2.05. The highest BCUT2D eigenvalue weighted by molar-refractivity contribution is 6.29. The molecule has 22 heavy (non-hydrogen) atoms. The molecule has 0 aliphatic carbocycles. The largest absolute Gasteiger partial charge is 0.380 e. The van der Waals surface area contributed by atoms with E-state index in [9.17, 15) is 4.79 Å². The topological polar surface area (TPSA) is 45.1 Å². The lowest BCUT2D eigenvalue weighted by atomic mass is 10.2. The molecule has 2 heterocycles. The van der Waals surface area contributed by atoms with Crippen molar-refractivity contribution in [1.29, 1.82) is 0 Å². The molecule has 1 amide bonds. The van der Waals surface area contributed by atoms with Gasteiger partial charge in [-0.1, -0.05) is 23.8 Å². The van der Waals surface area contributed by atoms with Crippen molar-refractivity contribution in [3.8, 4) is 5.75 Å². The quantitative estimate of drug-likeness (QED) is 0.806. The molecule has 0 fully saturated rings. The van der Waals surface area contributed by atoms with Crippen molar-refractivity contribution in [3.63, 3.8) is 0 Å². The van der Waals surface area contributed by atoms with Crippen molar-refractivity contribution in [3.05, 3.63) is 65.6 Å². The number of aliphatic imine (C=N–C) groups is 1. The Balaban J connectivity index is 1.65. The number of hydrogen-bond donors (Lipinski definition) is 0. The summed E-state index contributed by atoms with van der Waals surface area (Å²) in [6, 6.07) is 6.99. The van der Waals surface area contributed by atoms with Crippen LogP contribution in [0.5, 0.6) is 5.75 Å². The molecule has 0 aromatic heterocycles. The van der Waals surface area contributed by atoms with E-state index in [0.29, 0.717) is 29.6 Å². The Morgan fingerprint density at radius 3 is 2.68 bits per heavy atom. The number of halogens is 1. The second kappa shape index (κ2) is 6.49. The van der Waals surface area contributed by atoms with E-state index in [1.807, 2.05) is 18.2 Å². The fraction of sp³-hybridized carbons (Fsp3) is 0.125. The highest BCUT2D eigenvalue weighted by atomic mass is 35.5. The lowest BCUT2D eigenvalue weighted by Crippen LogP contribution is -2.27. The van der Waals surface area contributed by atoms with Crippen molar-refractivity contribution in [2.45, 2.75) is 0 Å². The molecular formula is C16H14ClN3O2. The van der Waals surface area contributed by atoms with Gasteiger partial charge in [-0.25, -0.2) is 10.1 Å². The lowest BCUT2D eigenvalue weighted by molar-refractivity contribution is 0.00821. The predicted molar refractivity (Wildman–Crippen MR) is 85.5 cm³/mol. The third-order valence-electron chi connectivity index (χ3n) is 3.13. The van der Waals surface area contributed by atoms with E-state index in [1.54, 1.807) is 52.8 Å². The maximum atomic E-state index is 12.3. The van der Waals surface area contributed by atoms with Crippen LogP contribution < -0.4 is 4.84 Å². The highest BCUT2D eigenvalue weighted by Crippen LogP contribution is 2.17. The summed E-state index contributed by atoms with van der Waals surface area (Å²) in [7, 11) is 0. The molecule has 0 bridgehead atoms. The van der Waals surface area contributed by atoms with Crippen LogP contribution >= 0.6 is 11.6 Å². The molecule has 1 aromatic rings. The maximum absolute atomic E-state index is 12.3. The Bertz CT molecular complexity index is 677. The normalized spacial score (nSPS) is 16.7. The first kappa shape index (κ1) is 14.4. The zero-order valence-electron chi connectivity index (χ0n) is 11.7. The first-order valence-corrected chi connectivity index (χ1v) is 7.19. The van der Waals surface area contributed by atoms with Crippen LogP contribution in [0.2, 0.25) is 0 Å². The summed E-state index contributed by atoms with van der Waals surface area (Å²) in [6.07, 6.45) is 10.7. The van der Waals surface area contributed by atoms with Gasteiger partial charge >= 0.3 is 0 Å². The monoisotopic (exact) mass is 315 g/mol. The minimum absolute atomic E-state index is 0.0415. The molecule has 1 aromatic carbocycles. The molecule has 5 nitrogen and oxygen atoms in total. The second-order valence-corrected chi connectivity index (χ2v) is 5.09. The summed E-state index contributed by atoms with van der Waals surface area (Å²) in [4.78, 5) is 23.5. The number of rotatable bonds is 3. The number of allylic oxidation sites excluding steroid dienone is 2. The standard InChI is InChI=1S/C16H14ClN3O2/c17-15-12-20(11-8-18-15)22-14-6-4-13(5-7-14)16(21)19-9-2-1-3-10-19/h1-9,12H,10-11H2. The third-order valence-corrected chi connectivity index (χ3v) is 3.32. The average molecular weight is 316 g/mol. The van der Waals surface area contributed by atoms with Gasteiger partial charge in [-0.05, 0) is 30.3 Å². The van der Waals surface area contributed by atoms with Gasteiger partial charge in [0.05, 0.1) is 12.7 Å². The van der Waals surface area contributed by atoms with Crippen LogP contribution in [-0.4, -0.2) is 35.2 Å². The molecule has 112 valence electrons. The zero-order chi connectivity index (χ0) is 15.4. The van der Waals surface area contributed by atoms with E-state index in [0.717, 1.165) is 0 Å². The molecule has 2 aliphatic heterocycles. The molecule has 6 heteroatoms. The van der Waals surface area contributed by atoms with Crippen LogP contribution in [0.1, 0.15) is 10.4 Å². The van der Waals surface area contributed by atoms with Crippen LogP contribution in [0.4, 0.5) is 0 Å². The van der Waals surface area contributed by atoms with E-state index >= 15 is 0 Å². The Morgan fingerprint density at radius 2 is 2.00 bits per heavy atom. The van der Waals surface area contributed by atoms with Gasteiger partial charge in [-0.2, -0.15) is 0 Å². The van der Waals surface area contributed by atoms with Crippen molar-refractivity contribution in [2.75, 3.05) is 13.1 Å². The second-order valence-electron chi connectivity index (χ2n) is 4.71. The fourth-order valence-corrected chi connectivity index (χ4v) is 2.23. The van der Waals surface area contributed by atoms with E-state index in [4.69, 9.17) is 16.4 Å². The van der Waals surface area contributed by atoms with Crippen molar-refractivity contribution < 1.29 is 9.63 Å². The van der Waals surface area contributed by atoms with Crippen LogP contribution in [0, 0.1) is 0 Å². The SMILES string of the molecule is O=C(c1ccc(ON2C=C(Cl)N=CC2)cc1)N1C=CC=CC1. The summed E-state index contributed by atoms with van der Waals surface area (Å²) in [6.45, 7) is 1.10. The number of amides is 1. The molecule has 0 saturated carbocycles. The molecule has 0 N–H and O–H groups in total. The summed E-state index contributed by atoms with van der Waals surface area (Å²) in [5.74, 6) is 0.585. The summed E-state index contributed by atoms with van der Waals surface area (Å²) in [5.41, 5.74) is 0.612. The van der Waals surface area contributed by atoms with E-state index < -0.39 is 0 Å². The summed E-state index contributed by atoms with van der Waals surface area (Å²) < 4.78 is 0. The van der Waals surface area contributed by atoms with Crippen LogP contribution in [0.25, 0.3) is 0 Å². The van der Waals surface area contributed by atoms with Gasteiger partial charge in [0.15, 0.2) is 5.75 Å². The van der Waals surface area contributed by atoms with Crippen molar-refractivity contribution >= 4 is 23.7 Å².